The van der Waals surface area contributed by atoms with Gasteiger partial charge in [-0.3, -0.25) is 14.4 Å². The number of benzene rings is 1. The lowest BCUT2D eigenvalue weighted by atomic mass is 9.98. The van der Waals surface area contributed by atoms with Crippen molar-refractivity contribution in [3.8, 4) is 0 Å². The minimum atomic E-state index is -1.38. The fourth-order valence-corrected chi connectivity index (χ4v) is 2.71. The van der Waals surface area contributed by atoms with Crippen LogP contribution in [0.1, 0.15) is 25.8 Å². The monoisotopic (exact) mass is 422 g/mol. The van der Waals surface area contributed by atoms with Crippen molar-refractivity contribution < 1.29 is 29.4 Å². The molecule has 0 saturated carbocycles. The van der Waals surface area contributed by atoms with Gasteiger partial charge in [-0.1, -0.05) is 50.6 Å². The summed E-state index contributed by atoms with van der Waals surface area (Å²) in [4.78, 5) is 48.3. The van der Waals surface area contributed by atoms with E-state index in [0.29, 0.717) is 12.0 Å². The fraction of sp³-hybridized carbons (Fsp3) is 0.500. The van der Waals surface area contributed by atoms with E-state index in [1.165, 1.54) is 0 Å². The number of nitrogens with two attached hydrogens (primary N) is 1. The van der Waals surface area contributed by atoms with Crippen LogP contribution in [-0.2, 0) is 25.6 Å². The zero-order valence-electron chi connectivity index (χ0n) is 17.1. The molecule has 10 nitrogen and oxygen atoms in total. The molecule has 0 aromatic heterocycles. The van der Waals surface area contributed by atoms with Crippen LogP contribution in [0.15, 0.2) is 30.3 Å². The molecule has 4 atom stereocenters. The number of rotatable bonds is 12. The van der Waals surface area contributed by atoms with Gasteiger partial charge >= 0.3 is 5.97 Å². The second-order valence-corrected chi connectivity index (χ2v) is 6.97. The van der Waals surface area contributed by atoms with E-state index in [2.05, 4.69) is 16.0 Å². The van der Waals surface area contributed by atoms with Crippen LogP contribution in [0.3, 0.4) is 0 Å². The van der Waals surface area contributed by atoms with Gasteiger partial charge in [0.2, 0.25) is 17.7 Å². The first kappa shape index (κ1) is 25.1. The number of carbonyl (C=O) groups excluding carboxylic acids is 3. The van der Waals surface area contributed by atoms with Crippen LogP contribution < -0.4 is 21.7 Å². The number of carbonyl (C=O) groups is 4. The van der Waals surface area contributed by atoms with Crippen LogP contribution in [0.2, 0.25) is 0 Å². The van der Waals surface area contributed by atoms with Crippen LogP contribution in [0.25, 0.3) is 0 Å². The summed E-state index contributed by atoms with van der Waals surface area (Å²) in [6.45, 7) is 2.53. The van der Waals surface area contributed by atoms with Gasteiger partial charge < -0.3 is 31.9 Å². The number of aliphatic hydroxyl groups excluding tert-OH is 1. The van der Waals surface area contributed by atoms with Gasteiger partial charge in [-0.15, -0.1) is 0 Å². The molecular formula is C20H30N4O6. The van der Waals surface area contributed by atoms with Crippen LogP contribution in [-0.4, -0.2) is 65.2 Å². The van der Waals surface area contributed by atoms with Crippen molar-refractivity contribution in [2.75, 3.05) is 13.2 Å². The molecular weight excluding hydrogens is 392 g/mol. The molecule has 0 radical (unpaired) electrons. The predicted octanol–water partition coefficient (Wildman–Crippen LogP) is -1.23. The molecule has 30 heavy (non-hydrogen) atoms. The third kappa shape index (κ3) is 7.80. The maximum Gasteiger partial charge on any atom is 0.326 e. The maximum absolute atomic E-state index is 12.6. The van der Waals surface area contributed by atoms with Crippen LogP contribution in [0.5, 0.6) is 0 Å². The second kappa shape index (κ2) is 12.6. The predicted molar refractivity (Wildman–Crippen MR) is 109 cm³/mol. The Labute approximate surface area is 175 Å². The van der Waals surface area contributed by atoms with E-state index in [1.807, 2.05) is 6.92 Å². The van der Waals surface area contributed by atoms with Crippen LogP contribution >= 0.6 is 0 Å². The Morgan fingerprint density at radius 1 is 1.00 bits per heavy atom. The first-order valence-corrected chi connectivity index (χ1v) is 9.71. The third-order valence-corrected chi connectivity index (χ3v) is 4.71. The molecule has 0 bridgehead atoms. The Kier molecular flexibility index (Phi) is 10.5. The van der Waals surface area contributed by atoms with Gasteiger partial charge in [-0.2, -0.15) is 0 Å². The zero-order valence-corrected chi connectivity index (χ0v) is 17.1. The quantitative estimate of drug-likeness (QED) is 0.245. The largest absolute Gasteiger partial charge is 0.480 e. The topological polar surface area (TPSA) is 171 Å². The Morgan fingerprint density at radius 2 is 1.60 bits per heavy atom. The summed E-state index contributed by atoms with van der Waals surface area (Å²) in [7, 11) is 0. The lowest BCUT2D eigenvalue weighted by Crippen LogP contribution is -2.58. The molecule has 166 valence electrons. The normalized spacial score (nSPS) is 14.7. The number of nitrogens with one attached hydrogen (secondary N) is 3. The summed E-state index contributed by atoms with van der Waals surface area (Å²) >= 11 is 0. The second-order valence-electron chi connectivity index (χ2n) is 6.97. The Bertz CT molecular complexity index is 727. The van der Waals surface area contributed by atoms with Gasteiger partial charge in [-0.25, -0.2) is 4.79 Å². The molecule has 1 aromatic rings. The number of hydrogen-bond acceptors (Lipinski definition) is 6. The molecule has 0 aliphatic carbocycles. The number of amides is 3. The minimum Gasteiger partial charge on any atom is -0.480 e. The fourth-order valence-electron chi connectivity index (χ4n) is 2.71. The lowest BCUT2D eigenvalue weighted by molar-refractivity contribution is -0.142. The SMILES string of the molecule is CCC(C)C(NC(=O)CN)C(=O)NC(CO)C(=O)NC(Cc1ccccc1)C(=O)O. The van der Waals surface area contributed by atoms with Crippen molar-refractivity contribution in [2.24, 2.45) is 11.7 Å². The van der Waals surface area contributed by atoms with Gasteiger partial charge in [0.1, 0.15) is 18.1 Å². The van der Waals surface area contributed by atoms with E-state index < -0.39 is 48.4 Å². The van der Waals surface area contributed by atoms with E-state index >= 15 is 0 Å². The highest BCUT2D eigenvalue weighted by molar-refractivity contribution is 5.93. The molecule has 1 aromatic carbocycles. The van der Waals surface area contributed by atoms with Gasteiger partial charge in [0, 0.05) is 6.42 Å². The molecule has 0 saturated heterocycles. The summed E-state index contributed by atoms with van der Waals surface area (Å²) < 4.78 is 0. The van der Waals surface area contributed by atoms with Crippen molar-refractivity contribution in [3.05, 3.63) is 35.9 Å². The molecule has 1 rings (SSSR count). The standard InChI is InChI=1S/C20H30N4O6/c1-3-12(2)17(24-16(26)10-21)19(28)23-15(11-25)18(27)22-14(20(29)30)9-13-7-5-4-6-8-13/h4-8,12,14-15,17,25H,3,9-11,21H2,1-2H3,(H,22,27)(H,23,28)(H,24,26)(H,29,30). The van der Waals surface area contributed by atoms with Crippen molar-refractivity contribution in [1.82, 2.24) is 16.0 Å². The van der Waals surface area contributed by atoms with Crippen molar-refractivity contribution >= 4 is 23.7 Å². The number of aliphatic carboxylic acids is 1. The first-order chi connectivity index (χ1) is 14.2. The van der Waals surface area contributed by atoms with Crippen LogP contribution in [0, 0.1) is 5.92 Å². The van der Waals surface area contributed by atoms with E-state index in [0.717, 1.165) is 0 Å². The van der Waals surface area contributed by atoms with Crippen LogP contribution in [0.4, 0.5) is 0 Å². The van der Waals surface area contributed by atoms with Gasteiger partial charge in [0.15, 0.2) is 0 Å². The van der Waals surface area contributed by atoms with Gasteiger partial charge in [0.05, 0.1) is 13.2 Å². The number of carboxylic acid groups (broad SMARTS) is 1. The Morgan fingerprint density at radius 3 is 2.10 bits per heavy atom. The molecule has 0 fully saturated rings. The highest BCUT2D eigenvalue weighted by Crippen LogP contribution is 2.09. The molecule has 10 heteroatoms. The van der Waals surface area contributed by atoms with Gasteiger partial charge in [-0.05, 0) is 11.5 Å². The lowest BCUT2D eigenvalue weighted by Gasteiger charge is -2.26. The van der Waals surface area contributed by atoms with E-state index in [-0.39, 0.29) is 18.9 Å². The highest BCUT2D eigenvalue weighted by Gasteiger charge is 2.31. The van der Waals surface area contributed by atoms with Crippen molar-refractivity contribution in [2.45, 2.75) is 44.8 Å². The molecule has 0 aliphatic rings. The van der Waals surface area contributed by atoms with Gasteiger partial charge in [0.25, 0.3) is 0 Å². The molecule has 7 N–H and O–H groups in total. The minimum absolute atomic E-state index is 0.0378. The summed E-state index contributed by atoms with van der Waals surface area (Å²) in [5, 5.41) is 26.2. The Hall–Kier alpha value is -2.98. The maximum atomic E-state index is 12.6. The van der Waals surface area contributed by atoms with E-state index in [1.54, 1.807) is 37.3 Å². The molecule has 4 unspecified atom stereocenters. The zero-order chi connectivity index (χ0) is 22.7. The highest BCUT2D eigenvalue weighted by atomic mass is 16.4. The summed E-state index contributed by atoms with van der Waals surface area (Å²) in [6.07, 6.45) is 0.604. The molecule has 0 aliphatic heterocycles. The first-order valence-electron chi connectivity index (χ1n) is 9.71. The summed E-state index contributed by atoms with van der Waals surface area (Å²) in [5.41, 5.74) is 5.99. The van der Waals surface area contributed by atoms with E-state index in [9.17, 15) is 29.4 Å². The molecule has 0 spiro atoms. The number of carboxylic acids is 1. The molecule has 3 amide bonds. The molecule has 0 heterocycles. The van der Waals surface area contributed by atoms with Crippen molar-refractivity contribution in [3.63, 3.8) is 0 Å². The average molecular weight is 422 g/mol. The summed E-state index contributed by atoms with van der Waals surface area (Å²) in [5.74, 6) is -3.55. The number of aliphatic hydroxyl groups is 1. The third-order valence-electron chi connectivity index (χ3n) is 4.71. The summed E-state index contributed by atoms with van der Waals surface area (Å²) in [6, 6.07) is 5.16. The number of hydrogen-bond donors (Lipinski definition) is 6. The average Bonchev–Trinajstić information content (AvgIpc) is 2.74. The van der Waals surface area contributed by atoms with Crippen molar-refractivity contribution in [1.29, 1.82) is 0 Å². The Balaban J connectivity index is 2.84. The van der Waals surface area contributed by atoms with E-state index in [4.69, 9.17) is 5.73 Å². The smallest absolute Gasteiger partial charge is 0.326 e.